The van der Waals surface area contributed by atoms with E-state index in [1.165, 1.54) is 5.56 Å². The minimum atomic E-state index is -0.146. The molecular weight excluding hydrogens is 342 g/mol. The van der Waals surface area contributed by atoms with Crippen molar-refractivity contribution in [1.82, 2.24) is 5.32 Å². The van der Waals surface area contributed by atoms with Gasteiger partial charge in [-0.3, -0.25) is 9.59 Å². The molecule has 0 aliphatic carbocycles. The Hall–Kier alpha value is -2.86. The van der Waals surface area contributed by atoms with Gasteiger partial charge < -0.3 is 20.7 Å². The SMILES string of the molecule is COCCCNC(=O)c1ccc(NC(=O)CNc2cccc(C)c2C)cc1. The highest BCUT2D eigenvalue weighted by Crippen LogP contribution is 2.17. The minimum absolute atomic E-state index is 0.138. The summed E-state index contributed by atoms with van der Waals surface area (Å²) in [6, 6.07) is 12.8. The molecule has 0 atom stereocenters. The second-order valence-corrected chi connectivity index (χ2v) is 6.33. The van der Waals surface area contributed by atoms with Crippen LogP contribution in [-0.4, -0.2) is 38.6 Å². The molecule has 3 N–H and O–H groups in total. The Balaban J connectivity index is 1.82. The van der Waals surface area contributed by atoms with Crippen LogP contribution < -0.4 is 16.0 Å². The van der Waals surface area contributed by atoms with E-state index in [2.05, 4.69) is 16.0 Å². The number of rotatable bonds is 9. The summed E-state index contributed by atoms with van der Waals surface area (Å²) in [6.45, 7) is 5.41. The van der Waals surface area contributed by atoms with Gasteiger partial charge in [0.1, 0.15) is 0 Å². The highest BCUT2D eigenvalue weighted by atomic mass is 16.5. The summed E-state index contributed by atoms with van der Waals surface area (Å²) in [4.78, 5) is 24.1. The Kier molecular flexibility index (Phi) is 7.82. The van der Waals surface area contributed by atoms with Gasteiger partial charge in [-0.15, -0.1) is 0 Å². The normalized spacial score (nSPS) is 10.3. The molecule has 0 unspecified atom stereocenters. The Morgan fingerprint density at radius 1 is 1.04 bits per heavy atom. The molecule has 0 aromatic heterocycles. The number of amides is 2. The van der Waals surface area contributed by atoms with Gasteiger partial charge >= 0.3 is 0 Å². The molecule has 0 heterocycles. The average Bonchev–Trinajstić information content (AvgIpc) is 2.67. The molecule has 0 bridgehead atoms. The van der Waals surface area contributed by atoms with Crippen LogP contribution in [0.3, 0.4) is 0 Å². The van der Waals surface area contributed by atoms with Gasteiger partial charge in [0, 0.05) is 37.2 Å². The molecule has 0 radical (unpaired) electrons. The number of carbonyl (C=O) groups is 2. The van der Waals surface area contributed by atoms with Crippen molar-refractivity contribution in [3.63, 3.8) is 0 Å². The largest absolute Gasteiger partial charge is 0.385 e. The van der Waals surface area contributed by atoms with Crippen LogP contribution in [0, 0.1) is 13.8 Å². The molecule has 2 aromatic rings. The van der Waals surface area contributed by atoms with Crippen LogP contribution >= 0.6 is 0 Å². The molecule has 0 spiro atoms. The van der Waals surface area contributed by atoms with Crippen LogP contribution in [0.5, 0.6) is 0 Å². The summed E-state index contributed by atoms with van der Waals surface area (Å²) in [5, 5.41) is 8.80. The van der Waals surface area contributed by atoms with Crippen molar-refractivity contribution in [1.29, 1.82) is 0 Å². The Morgan fingerprint density at radius 3 is 2.48 bits per heavy atom. The topological polar surface area (TPSA) is 79.5 Å². The minimum Gasteiger partial charge on any atom is -0.385 e. The zero-order chi connectivity index (χ0) is 19.6. The highest BCUT2D eigenvalue weighted by Gasteiger charge is 2.07. The van der Waals surface area contributed by atoms with Crippen molar-refractivity contribution in [2.45, 2.75) is 20.3 Å². The summed E-state index contributed by atoms with van der Waals surface area (Å²) in [6.07, 6.45) is 0.768. The Labute approximate surface area is 160 Å². The molecule has 2 rings (SSSR count). The smallest absolute Gasteiger partial charge is 0.251 e. The monoisotopic (exact) mass is 369 g/mol. The molecule has 0 aliphatic rings. The van der Waals surface area contributed by atoms with Crippen molar-refractivity contribution in [3.8, 4) is 0 Å². The van der Waals surface area contributed by atoms with E-state index >= 15 is 0 Å². The fourth-order valence-corrected chi connectivity index (χ4v) is 2.55. The third kappa shape index (κ3) is 6.42. The number of benzene rings is 2. The summed E-state index contributed by atoms with van der Waals surface area (Å²) < 4.78 is 4.95. The van der Waals surface area contributed by atoms with Gasteiger partial charge in [0.15, 0.2) is 0 Å². The first kappa shape index (κ1) is 20.5. The first-order chi connectivity index (χ1) is 13.0. The number of ether oxygens (including phenoxy) is 1. The quantitative estimate of drug-likeness (QED) is 0.594. The third-order valence-electron chi connectivity index (χ3n) is 4.29. The lowest BCUT2D eigenvalue weighted by Crippen LogP contribution is -2.25. The van der Waals surface area contributed by atoms with Crippen LogP contribution in [0.1, 0.15) is 27.9 Å². The molecule has 6 heteroatoms. The number of carbonyl (C=O) groups excluding carboxylic acids is 2. The zero-order valence-electron chi connectivity index (χ0n) is 16.1. The Bertz CT molecular complexity index is 773. The predicted octanol–water partition coefficient (Wildman–Crippen LogP) is 3.12. The van der Waals surface area contributed by atoms with Crippen LogP contribution in [0.2, 0.25) is 0 Å². The fourth-order valence-electron chi connectivity index (χ4n) is 2.55. The molecule has 0 saturated carbocycles. The number of methoxy groups -OCH3 is 1. The summed E-state index contributed by atoms with van der Waals surface area (Å²) in [7, 11) is 1.63. The van der Waals surface area contributed by atoms with E-state index in [9.17, 15) is 9.59 Å². The molecule has 2 amide bonds. The molecule has 0 fully saturated rings. The number of anilines is 2. The maximum absolute atomic E-state index is 12.1. The number of hydrogen-bond acceptors (Lipinski definition) is 4. The second-order valence-electron chi connectivity index (χ2n) is 6.33. The maximum Gasteiger partial charge on any atom is 0.251 e. The highest BCUT2D eigenvalue weighted by molar-refractivity contribution is 5.96. The van der Waals surface area contributed by atoms with E-state index in [1.807, 2.05) is 32.0 Å². The van der Waals surface area contributed by atoms with Crippen molar-refractivity contribution >= 4 is 23.2 Å². The number of hydrogen-bond donors (Lipinski definition) is 3. The average molecular weight is 369 g/mol. The van der Waals surface area contributed by atoms with Gasteiger partial charge in [-0.05, 0) is 61.7 Å². The van der Waals surface area contributed by atoms with Crippen molar-refractivity contribution in [3.05, 3.63) is 59.2 Å². The first-order valence-electron chi connectivity index (χ1n) is 8.98. The lowest BCUT2D eigenvalue weighted by Gasteiger charge is -2.12. The lowest BCUT2D eigenvalue weighted by atomic mass is 10.1. The number of aryl methyl sites for hydroxylation is 1. The van der Waals surface area contributed by atoms with Gasteiger partial charge in [-0.2, -0.15) is 0 Å². The fraction of sp³-hybridized carbons (Fsp3) is 0.333. The Morgan fingerprint density at radius 2 is 1.78 bits per heavy atom. The zero-order valence-corrected chi connectivity index (χ0v) is 16.1. The van der Waals surface area contributed by atoms with E-state index in [4.69, 9.17) is 4.74 Å². The van der Waals surface area contributed by atoms with E-state index < -0.39 is 0 Å². The van der Waals surface area contributed by atoms with E-state index in [0.717, 1.165) is 17.7 Å². The van der Waals surface area contributed by atoms with Crippen molar-refractivity contribution < 1.29 is 14.3 Å². The molecule has 0 aliphatic heterocycles. The lowest BCUT2D eigenvalue weighted by molar-refractivity contribution is -0.114. The van der Waals surface area contributed by atoms with Crippen LogP contribution in [-0.2, 0) is 9.53 Å². The summed E-state index contributed by atoms with van der Waals surface area (Å²) in [5.74, 6) is -0.284. The van der Waals surface area contributed by atoms with E-state index in [1.54, 1.807) is 31.4 Å². The van der Waals surface area contributed by atoms with Crippen LogP contribution in [0.4, 0.5) is 11.4 Å². The van der Waals surface area contributed by atoms with Gasteiger partial charge in [0.25, 0.3) is 5.91 Å². The molecule has 6 nitrogen and oxygen atoms in total. The predicted molar refractivity (Wildman–Crippen MR) is 108 cm³/mol. The third-order valence-corrected chi connectivity index (χ3v) is 4.29. The van der Waals surface area contributed by atoms with Gasteiger partial charge in [0.2, 0.25) is 5.91 Å². The van der Waals surface area contributed by atoms with E-state index in [0.29, 0.717) is 24.4 Å². The van der Waals surface area contributed by atoms with Crippen LogP contribution in [0.15, 0.2) is 42.5 Å². The van der Waals surface area contributed by atoms with E-state index in [-0.39, 0.29) is 18.4 Å². The second kappa shape index (κ2) is 10.3. The van der Waals surface area contributed by atoms with Gasteiger partial charge in [0.05, 0.1) is 6.54 Å². The molecular formula is C21H27N3O3. The number of nitrogens with one attached hydrogen (secondary N) is 3. The molecule has 27 heavy (non-hydrogen) atoms. The molecule has 144 valence electrons. The van der Waals surface area contributed by atoms with Gasteiger partial charge in [-0.25, -0.2) is 0 Å². The van der Waals surface area contributed by atoms with Crippen LogP contribution in [0.25, 0.3) is 0 Å². The van der Waals surface area contributed by atoms with Crippen molar-refractivity contribution in [2.75, 3.05) is 37.4 Å². The maximum atomic E-state index is 12.1. The first-order valence-corrected chi connectivity index (χ1v) is 8.98. The van der Waals surface area contributed by atoms with Crippen molar-refractivity contribution in [2.24, 2.45) is 0 Å². The summed E-state index contributed by atoms with van der Waals surface area (Å²) >= 11 is 0. The molecule has 0 saturated heterocycles. The summed E-state index contributed by atoms with van der Waals surface area (Å²) in [5.41, 5.74) is 4.46. The van der Waals surface area contributed by atoms with Gasteiger partial charge in [-0.1, -0.05) is 12.1 Å². The molecule has 2 aromatic carbocycles. The standard InChI is InChI=1S/C21H27N3O3/c1-15-6-4-7-19(16(15)2)23-14-20(25)24-18-10-8-17(9-11-18)21(26)22-12-5-13-27-3/h4,6-11,23H,5,12-14H2,1-3H3,(H,22,26)(H,24,25).